The van der Waals surface area contributed by atoms with Crippen LogP contribution in [0, 0.1) is 0 Å². The standard InChI is InChI=1S/C16H19BrN2/c1-19(2)12-14-5-9-16(10-6-14)18-11-13-3-7-15(17)8-4-13/h3-10,18H,11-12H2,1-2H3. The molecule has 0 saturated heterocycles. The molecule has 3 heteroatoms. The summed E-state index contributed by atoms with van der Waals surface area (Å²) in [4.78, 5) is 2.17. The summed E-state index contributed by atoms with van der Waals surface area (Å²) in [6.45, 7) is 1.83. The van der Waals surface area contributed by atoms with Crippen molar-refractivity contribution < 1.29 is 0 Å². The van der Waals surface area contributed by atoms with Crippen LogP contribution >= 0.6 is 15.9 Å². The summed E-state index contributed by atoms with van der Waals surface area (Å²) in [6, 6.07) is 17.0. The summed E-state index contributed by atoms with van der Waals surface area (Å²) in [7, 11) is 4.17. The first-order valence-electron chi connectivity index (χ1n) is 6.35. The smallest absolute Gasteiger partial charge is 0.0400 e. The highest BCUT2D eigenvalue weighted by Gasteiger charge is 1.97. The van der Waals surface area contributed by atoms with Crippen molar-refractivity contribution in [2.24, 2.45) is 0 Å². The van der Waals surface area contributed by atoms with Crippen molar-refractivity contribution in [3.63, 3.8) is 0 Å². The first kappa shape index (κ1) is 14.1. The molecule has 0 bridgehead atoms. The summed E-state index contributed by atoms with van der Waals surface area (Å²) in [5, 5.41) is 3.43. The number of rotatable bonds is 5. The van der Waals surface area contributed by atoms with Crippen molar-refractivity contribution >= 4 is 21.6 Å². The van der Waals surface area contributed by atoms with Crippen molar-refractivity contribution in [1.82, 2.24) is 4.90 Å². The summed E-state index contributed by atoms with van der Waals surface area (Å²) in [5.41, 5.74) is 3.77. The Labute approximate surface area is 123 Å². The number of nitrogens with zero attached hydrogens (tertiary/aromatic N) is 1. The van der Waals surface area contributed by atoms with Gasteiger partial charge < -0.3 is 10.2 Å². The predicted molar refractivity (Wildman–Crippen MR) is 85.3 cm³/mol. The topological polar surface area (TPSA) is 15.3 Å². The Morgan fingerprint density at radius 3 is 2.05 bits per heavy atom. The monoisotopic (exact) mass is 318 g/mol. The molecular formula is C16H19BrN2. The van der Waals surface area contributed by atoms with Gasteiger partial charge in [0.15, 0.2) is 0 Å². The fourth-order valence-electron chi connectivity index (χ4n) is 1.90. The van der Waals surface area contributed by atoms with Crippen LogP contribution in [-0.4, -0.2) is 19.0 Å². The summed E-state index contributed by atoms with van der Waals surface area (Å²) >= 11 is 3.44. The van der Waals surface area contributed by atoms with Gasteiger partial charge in [0.05, 0.1) is 0 Å². The highest BCUT2D eigenvalue weighted by Crippen LogP contribution is 2.14. The Kier molecular flexibility index (Phi) is 5.00. The van der Waals surface area contributed by atoms with Crippen LogP contribution in [-0.2, 0) is 13.1 Å². The van der Waals surface area contributed by atoms with Crippen molar-refractivity contribution in [3.8, 4) is 0 Å². The van der Waals surface area contributed by atoms with Gasteiger partial charge in [-0.3, -0.25) is 0 Å². The minimum absolute atomic E-state index is 0.848. The van der Waals surface area contributed by atoms with Crippen LogP contribution in [0.15, 0.2) is 53.0 Å². The van der Waals surface area contributed by atoms with Gasteiger partial charge in [-0.1, -0.05) is 40.2 Å². The van der Waals surface area contributed by atoms with Gasteiger partial charge in [0.25, 0.3) is 0 Å². The van der Waals surface area contributed by atoms with E-state index in [0.29, 0.717) is 0 Å². The Bertz CT molecular complexity index is 503. The molecule has 0 atom stereocenters. The fourth-order valence-corrected chi connectivity index (χ4v) is 2.16. The summed E-state index contributed by atoms with van der Waals surface area (Å²) < 4.78 is 1.12. The average Bonchev–Trinajstić information content (AvgIpc) is 2.39. The molecule has 0 amide bonds. The van der Waals surface area contributed by atoms with Crippen molar-refractivity contribution in [1.29, 1.82) is 0 Å². The van der Waals surface area contributed by atoms with E-state index in [-0.39, 0.29) is 0 Å². The zero-order chi connectivity index (χ0) is 13.7. The lowest BCUT2D eigenvalue weighted by atomic mass is 10.2. The molecule has 2 aromatic carbocycles. The van der Waals surface area contributed by atoms with E-state index in [0.717, 1.165) is 23.2 Å². The molecule has 0 fully saturated rings. The van der Waals surface area contributed by atoms with Crippen LogP contribution in [0.4, 0.5) is 5.69 Å². The number of anilines is 1. The Balaban J connectivity index is 1.91. The largest absolute Gasteiger partial charge is 0.381 e. The molecule has 100 valence electrons. The Morgan fingerprint density at radius 2 is 1.47 bits per heavy atom. The number of benzene rings is 2. The van der Waals surface area contributed by atoms with Crippen LogP contribution in [0.5, 0.6) is 0 Å². The van der Waals surface area contributed by atoms with Crippen molar-refractivity contribution in [2.75, 3.05) is 19.4 Å². The molecule has 0 saturated carbocycles. The van der Waals surface area contributed by atoms with Crippen LogP contribution in [0.2, 0.25) is 0 Å². The molecule has 0 spiro atoms. The Hall–Kier alpha value is -1.32. The van der Waals surface area contributed by atoms with E-state index in [2.05, 4.69) is 88.8 Å². The minimum Gasteiger partial charge on any atom is -0.381 e. The normalized spacial score (nSPS) is 10.7. The molecule has 1 N–H and O–H groups in total. The third-order valence-electron chi connectivity index (χ3n) is 2.86. The highest BCUT2D eigenvalue weighted by atomic mass is 79.9. The van der Waals surface area contributed by atoms with E-state index in [1.807, 2.05) is 0 Å². The lowest BCUT2D eigenvalue weighted by Gasteiger charge is -2.11. The number of hydrogen-bond acceptors (Lipinski definition) is 2. The lowest BCUT2D eigenvalue weighted by molar-refractivity contribution is 0.402. The second kappa shape index (κ2) is 6.73. The van der Waals surface area contributed by atoms with E-state index in [1.54, 1.807) is 0 Å². The third kappa shape index (κ3) is 4.69. The maximum atomic E-state index is 3.44. The number of hydrogen-bond donors (Lipinski definition) is 1. The SMILES string of the molecule is CN(C)Cc1ccc(NCc2ccc(Br)cc2)cc1. The maximum Gasteiger partial charge on any atom is 0.0400 e. The first-order chi connectivity index (χ1) is 9.13. The molecule has 2 nitrogen and oxygen atoms in total. The second-order valence-corrected chi connectivity index (χ2v) is 5.83. The van der Waals surface area contributed by atoms with Crippen molar-refractivity contribution in [3.05, 3.63) is 64.1 Å². The van der Waals surface area contributed by atoms with Gasteiger partial charge in [0.1, 0.15) is 0 Å². The van der Waals surface area contributed by atoms with E-state index in [4.69, 9.17) is 0 Å². The van der Waals surface area contributed by atoms with Gasteiger partial charge in [0.2, 0.25) is 0 Å². The van der Waals surface area contributed by atoms with E-state index >= 15 is 0 Å². The number of nitrogens with one attached hydrogen (secondary N) is 1. The van der Waals surface area contributed by atoms with Gasteiger partial charge in [-0.05, 0) is 49.5 Å². The Morgan fingerprint density at radius 1 is 0.895 bits per heavy atom. The van der Waals surface area contributed by atoms with E-state index < -0.39 is 0 Å². The summed E-state index contributed by atoms with van der Waals surface area (Å²) in [5.74, 6) is 0. The van der Waals surface area contributed by atoms with Gasteiger partial charge in [-0.15, -0.1) is 0 Å². The minimum atomic E-state index is 0.848. The zero-order valence-corrected chi connectivity index (χ0v) is 12.9. The third-order valence-corrected chi connectivity index (χ3v) is 3.39. The first-order valence-corrected chi connectivity index (χ1v) is 7.15. The molecule has 0 aromatic heterocycles. The lowest BCUT2D eigenvalue weighted by Crippen LogP contribution is -2.10. The molecule has 2 aromatic rings. The van der Waals surface area contributed by atoms with Crippen LogP contribution in [0.3, 0.4) is 0 Å². The molecule has 0 heterocycles. The van der Waals surface area contributed by atoms with E-state index in [9.17, 15) is 0 Å². The summed E-state index contributed by atoms with van der Waals surface area (Å²) in [6.07, 6.45) is 0. The fraction of sp³-hybridized carbons (Fsp3) is 0.250. The predicted octanol–water partition coefficient (Wildman–Crippen LogP) is 4.12. The number of halogens is 1. The molecular weight excluding hydrogens is 300 g/mol. The molecule has 0 aliphatic heterocycles. The zero-order valence-electron chi connectivity index (χ0n) is 11.4. The maximum absolute atomic E-state index is 3.44. The van der Waals surface area contributed by atoms with Gasteiger partial charge in [0, 0.05) is 23.2 Å². The molecule has 0 aliphatic rings. The van der Waals surface area contributed by atoms with Gasteiger partial charge in [-0.25, -0.2) is 0 Å². The molecule has 0 radical (unpaired) electrons. The molecule has 0 unspecified atom stereocenters. The second-order valence-electron chi connectivity index (χ2n) is 4.91. The average molecular weight is 319 g/mol. The van der Waals surface area contributed by atoms with E-state index in [1.165, 1.54) is 11.1 Å². The van der Waals surface area contributed by atoms with Crippen LogP contribution < -0.4 is 5.32 Å². The highest BCUT2D eigenvalue weighted by molar-refractivity contribution is 9.10. The van der Waals surface area contributed by atoms with Gasteiger partial charge >= 0.3 is 0 Å². The van der Waals surface area contributed by atoms with Crippen LogP contribution in [0.1, 0.15) is 11.1 Å². The van der Waals surface area contributed by atoms with Crippen LogP contribution in [0.25, 0.3) is 0 Å². The molecule has 2 rings (SSSR count). The van der Waals surface area contributed by atoms with Crippen molar-refractivity contribution in [2.45, 2.75) is 13.1 Å². The van der Waals surface area contributed by atoms with Gasteiger partial charge in [-0.2, -0.15) is 0 Å². The molecule has 19 heavy (non-hydrogen) atoms. The molecule has 0 aliphatic carbocycles. The quantitative estimate of drug-likeness (QED) is 0.892.